The van der Waals surface area contributed by atoms with E-state index in [9.17, 15) is 0 Å². The molecule has 1 aromatic carbocycles. The largest absolute Gasteiger partial charge is 0.496 e. The molecule has 0 spiro atoms. The zero-order valence-corrected chi connectivity index (χ0v) is 10.2. The summed E-state index contributed by atoms with van der Waals surface area (Å²) in [7, 11) is 1.67. The molecule has 0 aliphatic carbocycles. The predicted molar refractivity (Wildman–Crippen MR) is 67.8 cm³/mol. The number of rotatable bonds is 4. The first kappa shape index (κ1) is 11.7. The molecule has 2 N–H and O–H groups in total. The number of aryl methyl sites for hydroxylation is 1. The van der Waals surface area contributed by atoms with Crippen LogP contribution in [0.5, 0.6) is 5.75 Å². The summed E-state index contributed by atoms with van der Waals surface area (Å²) in [6.07, 6.45) is 0. The Bertz CT molecular complexity index is 484. The molecule has 2 rings (SSSR count). The lowest BCUT2D eigenvalue weighted by Crippen LogP contribution is -2.06. The molecule has 0 amide bonds. The predicted octanol–water partition coefficient (Wildman–Crippen LogP) is 2.04. The van der Waals surface area contributed by atoms with Gasteiger partial charge in [0.25, 0.3) is 0 Å². The Morgan fingerprint density at radius 2 is 2.12 bits per heavy atom. The number of hydrogen-bond donors (Lipinski definition) is 1. The molecule has 0 aliphatic rings. The minimum Gasteiger partial charge on any atom is -0.496 e. The second-order valence-corrected chi connectivity index (χ2v) is 3.74. The van der Waals surface area contributed by atoms with Crippen molar-refractivity contribution in [3.05, 3.63) is 36.0 Å². The molecule has 0 atom stereocenters. The van der Waals surface area contributed by atoms with Gasteiger partial charge >= 0.3 is 0 Å². The van der Waals surface area contributed by atoms with Gasteiger partial charge in [-0.2, -0.15) is 5.10 Å². The van der Waals surface area contributed by atoms with Gasteiger partial charge in [0.2, 0.25) is 0 Å². The van der Waals surface area contributed by atoms with E-state index in [1.54, 1.807) is 7.11 Å². The van der Waals surface area contributed by atoms with Gasteiger partial charge in [-0.3, -0.25) is 4.68 Å². The van der Waals surface area contributed by atoms with Crippen LogP contribution in [-0.4, -0.2) is 16.9 Å². The van der Waals surface area contributed by atoms with Crippen molar-refractivity contribution >= 4 is 0 Å². The molecule has 0 saturated carbocycles. The van der Waals surface area contributed by atoms with Gasteiger partial charge in [-0.15, -0.1) is 0 Å². The first-order chi connectivity index (χ1) is 8.30. The van der Waals surface area contributed by atoms with Crippen LogP contribution in [0.3, 0.4) is 0 Å². The molecule has 0 bridgehead atoms. The topological polar surface area (TPSA) is 53.1 Å². The Morgan fingerprint density at radius 1 is 1.35 bits per heavy atom. The average Bonchev–Trinajstić information content (AvgIpc) is 2.81. The molecule has 1 heterocycles. The molecule has 90 valence electrons. The molecule has 0 radical (unpaired) electrons. The maximum absolute atomic E-state index is 5.70. The number of ether oxygens (including phenoxy) is 1. The molecule has 0 fully saturated rings. The van der Waals surface area contributed by atoms with Crippen molar-refractivity contribution in [2.24, 2.45) is 5.73 Å². The molecular weight excluding hydrogens is 214 g/mol. The van der Waals surface area contributed by atoms with Crippen molar-refractivity contribution in [2.75, 3.05) is 7.11 Å². The van der Waals surface area contributed by atoms with E-state index >= 15 is 0 Å². The molecule has 0 aliphatic heterocycles. The zero-order chi connectivity index (χ0) is 12.3. The smallest absolute Gasteiger partial charge is 0.128 e. The Labute approximate surface area is 101 Å². The van der Waals surface area contributed by atoms with Crippen LogP contribution in [0.4, 0.5) is 0 Å². The third kappa shape index (κ3) is 2.17. The fraction of sp³-hybridized carbons (Fsp3) is 0.308. The van der Waals surface area contributed by atoms with Crippen LogP contribution in [-0.2, 0) is 13.1 Å². The quantitative estimate of drug-likeness (QED) is 0.876. The number of nitrogens with zero attached hydrogens (tertiary/aromatic N) is 2. The Balaban J connectivity index is 2.49. The third-order valence-electron chi connectivity index (χ3n) is 2.75. The van der Waals surface area contributed by atoms with Crippen LogP contribution < -0.4 is 10.5 Å². The highest BCUT2D eigenvalue weighted by atomic mass is 16.5. The second-order valence-electron chi connectivity index (χ2n) is 3.74. The van der Waals surface area contributed by atoms with Gasteiger partial charge in [0, 0.05) is 18.7 Å². The molecular formula is C13H17N3O. The normalized spacial score (nSPS) is 10.5. The second kappa shape index (κ2) is 5.01. The zero-order valence-electron chi connectivity index (χ0n) is 10.2. The van der Waals surface area contributed by atoms with Gasteiger partial charge in [-0.1, -0.05) is 12.1 Å². The fourth-order valence-corrected chi connectivity index (χ4v) is 1.88. The third-order valence-corrected chi connectivity index (χ3v) is 2.75. The lowest BCUT2D eigenvalue weighted by molar-refractivity contribution is 0.416. The monoisotopic (exact) mass is 231 g/mol. The summed E-state index contributed by atoms with van der Waals surface area (Å²) in [5, 5.41) is 4.54. The molecule has 4 nitrogen and oxygen atoms in total. The van der Waals surface area contributed by atoms with E-state index < -0.39 is 0 Å². The van der Waals surface area contributed by atoms with Crippen molar-refractivity contribution in [1.82, 2.24) is 9.78 Å². The fourth-order valence-electron chi connectivity index (χ4n) is 1.88. The Morgan fingerprint density at radius 3 is 2.71 bits per heavy atom. The molecule has 0 saturated heterocycles. The average molecular weight is 231 g/mol. The van der Waals surface area contributed by atoms with Crippen molar-refractivity contribution in [2.45, 2.75) is 20.0 Å². The maximum atomic E-state index is 5.70. The van der Waals surface area contributed by atoms with Crippen LogP contribution in [0, 0.1) is 0 Å². The van der Waals surface area contributed by atoms with E-state index in [4.69, 9.17) is 10.5 Å². The van der Waals surface area contributed by atoms with Crippen molar-refractivity contribution in [1.29, 1.82) is 0 Å². The number of para-hydroxylation sites is 1. The maximum Gasteiger partial charge on any atom is 0.128 e. The Kier molecular flexibility index (Phi) is 3.44. The molecule has 4 heteroatoms. The number of nitrogens with two attached hydrogens (primary N) is 1. The van der Waals surface area contributed by atoms with Crippen LogP contribution in [0.25, 0.3) is 11.3 Å². The van der Waals surface area contributed by atoms with Crippen LogP contribution >= 0.6 is 0 Å². The minimum absolute atomic E-state index is 0.496. The summed E-state index contributed by atoms with van der Waals surface area (Å²) in [5.41, 5.74) is 8.64. The van der Waals surface area contributed by atoms with E-state index in [1.807, 2.05) is 35.0 Å². The number of methoxy groups -OCH3 is 1. The van der Waals surface area contributed by atoms with Gasteiger partial charge < -0.3 is 10.5 Å². The first-order valence-electron chi connectivity index (χ1n) is 5.70. The molecule has 0 unspecified atom stereocenters. The molecule has 2 aromatic rings. The van der Waals surface area contributed by atoms with Gasteiger partial charge in [0.1, 0.15) is 5.75 Å². The highest BCUT2D eigenvalue weighted by Crippen LogP contribution is 2.28. The summed E-state index contributed by atoms with van der Waals surface area (Å²) < 4.78 is 7.25. The van der Waals surface area contributed by atoms with Crippen LogP contribution in [0.1, 0.15) is 12.6 Å². The number of aromatic nitrogens is 2. The summed E-state index contributed by atoms with van der Waals surface area (Å²) in [4.78, 5) is 0. The van der Waals surface area contributed by atoms with Crippen molar-refractivity contribution in [3.8, 4) is 17.0 Å². The van der Waals surface area contributed by atoms with E-state index in [0.717, 1.165) is 29.2 Å². The van der Waals surface area contributed by atoms with Crippen molar-refractivity contribution < 1.29 is 4.74 Å². The van der Waals surface area contributed by atoms with Gasteiger partial charge in [0.05, 0.1) is 18.5 Å². The minimum atomic E-state index is 0.496. The standard InChI is InChI=1S/C13H17N3O/c1-3-16-10(9-14)8-12(15-16)11-6-4-5-7-13(11)17-2/h4-8H,3,9,14H2,1-2H3. The van der Waals surface area contributed by atoms with E-state index in [0.29, 0.717) is 6.54 Å². The van der Waals surface area contributed by atoms with Crippen LogP contribution in [0.15, 0.2) is 30.3 Å². The Hall–Kier alpha value is -1.81. The first-order valence-corrected chi connectivity index (χ1v) is 5.70. The number of benzene rings is 1. The van der Waals surface area contributed by atoms with Crippen molar-refractivity contribution in [3.63, 3.8) is 0 Å². The van der Waals surface area contributed by atoms with E-state index in [2.05, 4.69) is 12.0 Å². The van der Waals surface area contributed by atoms with Gasteiger partial charge in [-0.25, -0.2) is 0 Å². The lowest BCUT2D eigenvalue weighted by atomic mass is 10.1. The van der Waals surface area contributed by atoms with E-state index in [1.165, 1.54) is 0 Å². The highest BCUT2D eigenvalue weighted by Gasteiger charge is 2.11. The summed E-state index contributed by atoms with van der Waals surface area (Å²) >= 11 is 0. The molecule has 1 aromatic heterocycles. The summed E-state index contributed by atoms with van der Waals surface area (Å²) in [6, 6.07) is 9.87. The highest BCUT2D eigenvalue weighted by molar-refractivity contribution is 5.67. The summed E-state index contributed by atoms with van der Waals surface area (Å²) in [5.74, 6) is 0.830. The summed E-state index contributed by atoms with van der Waals surface area (Å²) in [6.45, 7) is 3.37. The van der Waals surface area contributed by atoms with Gasteiger partial charge in [-0.05, 0) is 25.1 Å². The van der Waals surface area contributed by atoms with E-state index in [-0.39, 0.29) is 0 Å². The number of hydrogen-bond acceptors (Lipinski definition) is 3. The SMILES string of the molecule is CCn1nc(-c2ccccc2OC)cc1CN. The van der Waals surface area contributed by atoms with Crippen LogP contribution in [0.2, 0.25) is 0 Å². The molecule has 17 heavy (non-hydrogen) atoms. The lowest BCUT2D eigenvalue weighted by Gasteiger charge is -2.04. The van der Waals surface area contributed by atoms with Gasteiger partial charge in [0.15, 0.2) is 0 Å².